The highest BCUT2D eigenvalue weighted by atomic mass is 35.5. The van der Waals surface area contributed by atoms with E-state index in [1.54, 1.807) is 0 Å². The number of carboxylic acids is 1. The number of hydrogen-bond donors (Lipinski definition) is 1. The summed E-state index contributed by atoms with van der Waals surface area (Å²) in [4.78, 5) is 13.9. The number of aromatic nitrogens is 1. The first-order valence-electron chi connectivity index (χ1n) is 3.08. The fourth-order valence-corrected chi connectivity index (χ4v) is 0.963. The second-order valence-electron chi connectivity index (χ2n) is 2.20. The minimum atomic E-state index is -1.34. The van der Waals surface area contributed by atoms with E-state index in [9.17, 15) is 9.18 Å². The molecule has 1 aromatic rings. The molecule has 0 fully saturated rings. The molecular formula is C7H5ClFNO2. The van der Waals surface area contributed by atoms with Crippen LogP contribution < -0.4 is 0 Å². The molecule has 0 radical (unpaired) electrons. The zero-order valence-electron chi connectivity index (χ0n) is 6.14. The lowest BCUT2D eigenvalue weighted by molar-refractivity contribution is 0.0691. The first-order valence-corrected chi connectivity index (χ1v) is 3.45. The summed E-state index contributed by atoms with van der Waals surface area (Å²) in [5.74, 6) is -2.21. The van der Waals surface area contributed by atoms with E-state index in [4.69, 9.17) is 16.7 Å². The van der Waals surface area contributed by atoms with Gasteiger partial charge in [-0.15, -0.1) is 0 Å². The average Bonchev–Trinajstić information content (AvgIpc) is 1.97. The largest absolute Gasteiger partial charge is 0.478 e. The van der Waals surface area contributed by atoms with Crippen LogP contribution in [0.15, 0.2) is 6.20 Å². The van der Waals surface area contributed by atoms with Crippen LogP contribution in [0.5, 0.6) is 0 Å². The molecule has 1 N–H and O–H groups in total. The van der Waals surface area contributed by atoms with Crippen molar-refractivity contribution in [3.8, 4) is 0 Å². The molecule has 0 aliphatic rings. The molecule has 0 saturated heterocycles. The Morgan fingerprint density at radius 2 is 2.33 bits per heavy atom. The standard InChI is InChI=1S/C7H5ClFNO2/c1-3-5(7(11)12)4(9)2-10-6(3)8/h2H,1H3,(H,11,12). The number of hydrogen-bond acceptors (Lipinski definition) is 2. The molecule has 0 atom stereocenters. The highest BCUT2D eigenvalue weighted by Gasteiger charge is 2.16. The van der Waals surface area contributed by atoms with E-state index in [0.717, 1.165) is 6.20 Å². The van der Waals surface area contributed by atoms with Crippen molar-refractivity contribution < 1.29 is 14.3 Å². The highest BCUT2D eigenvalue weighted by Crippen LogP contribution is 2.18. The molecule has 0 aliphatic carbocycles. The van der Waals surface area contributed by atoms with Crippen LogP contribution in [0.4, 0.5) is 4.39 Å². The number of carboxylic acid groups (broad SMARTS) is 1. The second-order valence-corrected chi connectivity index (χ2v) is 2.56. The molecule has 0 aromatic carbocycles. The zero-order valence-corrected chi connectivity index (χ0v) is 6.89. The maximum atomic E-state index is 12.8. The van der Waals surface area contributed by atoms with E-state index < -0.39 is 17.3 Å². The first-order chi connectivity index (χ1) is 5.54. The summed E-state index contributed by atoms with van der Waals surface area (Å²) < 4.78 is 12.8. The molecule has 0 saturated carbocycles. The van der Waals surface area contributed by atoms with E-state index in [1.165, 1.54) is 6.92 Å². The van der Waals surface area contributed by atoms with Crippen molar-refractivity contribution in [1.29, 1.82) is 0 Å². The van der Waals surface area contributed by atoms with Crippen LogP contribution in [-0.4, -0.2) is 16.1 Å². The van der Waals surface area contributed by atoms with Crippen molar-refractivity contribution in [3.05, 3.63) is 28.3 Å². The van der Waals surface area contributed by atoms with Crippen LogP contribution in [-0.2, 0) is 0 Å². The summed E-state index contributed by atoms with van der Waals surface area (Å²) in [5.41, 5.74) is -0.279. The molecule has 64 valence electrons. The smallest absolute Gasteiger partial charge is 0.339 e. The number of nitrogens with zero attached hydrogens (tertiary/aromatic N) is 1. The maximum absolute atomic E-state index is 12.8. The third-order valence-corrected chi connectivity index (χ3v) is 1.81. The molecule has 1 rings (SSSR count). The monoisotopic (exact) mass is 189 g/mol. The van der Waals surface area contributed by atoms with Gasteiger partial charge in [-0.2, -0.15) is 0 Å². The Hall–Kier alpha value is -1.16. The van der Waals surface area contributed by atoms with E-state index in [0.29, 0.717) is 0 Å². The Kier molecular flexibility index (Phi) is 2.28. The SMILES string of the molecule is Cc1c(Cl)ncc(F)c1C(=O)O. The van der Waals surface area contributed by atoms with Gasteiger partial charge in [-0.1, -0.05) is 11.6 Å². The van der Waals surface area contributed by atoms with Gasteiger partial charge in [0.05, 0.1) is 6.20 Å². The van der Waals surface area contributed by atoms with Crippen molar-refractivity contribution in [2.24, 2.45) is 0 Å². The highest BCUT2D eigenvalue weighted by molar-refractivity contribution is 6.30. The topological polar surface area (TPSA) is 50.2 Å². The number of pyridine rings is 1. The molecule has 0 aliphatic heterocycles. The third-order valence-electron chi connectivity index (χ3n) is 1.43. The van der Waals surface area contributed by atoms with Gasteiger partial charge in [0.2, 0.25) is 0 Å². The van der Waals surface area contributed by atoms with Gasteiger partial charge in [-0.3, -0.25) is 0 Å². The normalized spacial score (nSPS) is 9.92. The van der Waals surface area contributed by atoms with Crippen LogP contribution in [0.3, 0.4) is 0 Å². The summed E-state index contributed by atoms with van der Waals surface area (Å²) in [7, 11) is 0. The summed E-state index contributed by atoms with van der Waals surface area (Å²) in [6.45, 7) is 1.40. The predicted octanol–water partition coefficient (Wildman–Crippen LogP) is 1.88. The molecule has 0 amide bonds. The molecule has 0 spiro atoms. The summed E-state index contributed by atoms with van der Waals surface area (Å²) >= 11 is 5.49. The van der Waals surface area contributed by atoms with Crippen molar-refractivity contribution in [2.45, 2.75) is 6.92 Å². The van der Waals surface area contributed by atoms with Crippen molar-refractivity contribution in [3.63, 3.8) is 0 Å². The summed E-state index contributed by atoms with van der Waals surface area (Å²) in [5, 5.41) is 8.55. The van der Waals surface area contributed by atoms with Gasteiger partial charge in [0.1, 0.15) is 10.7 Å². The number of carbonyl (C=O) groups is 1. The third kappa shape index (κ3) is 1.38. The van der Waals surface area contributed by atoms with Gasteiger partial charge in [0.15, 0.2) is 5.82 Å². The zero-order chi connectivity index (χ0) is 9.30. The van der Waals surface area contributed by atoms with Crippen LogP contribution >= 0.6 is 11.6 Å². The quantitative estimate of drug-likeness (QED) is 0.687. The Balaban J connectivity index is 3.43. The van der Waals surface area contributed by atoms with Gasteiger partial charge in [-0.05, 0) is 6.92 Å². The molecular weight excluding hydrogens is 185 g/mol. The second kappa shape index (κ2) is 3.06. The van der Waals surface area contributed by atoms with Crippen LogP contribution in [0.2, 0.25) is 5.15 Å². The first kappa shape index (κ1) is 8.93. The fourth-order valence-electron chi connectivity index (χ4n) is 0.820. The number of aromatic carboxylic acids is 1. The lowest BCUT2D eigenvalue weighted by atomic mass is 10.1. The molecule has 5 heteroatoms. The molecule has 0 bridgehead atoms. The maximum Gasteiger partial charge on any atom is 0.339 e. The van der Waals surface area contributed by atoms with Crippen molar-refractivity contribution >= 4 is 17.6 Å². The minimum absolute atomic E-state index is 0.00815. The minimum Gasteiger partial charge on any atom is -0.478 e. The number of halogens is 2. The lowest BCUT2D eigenvalue weighted by Gasteiger charge is -2.02. The van der Waals surface area contributed by atoms with Crippen LogP contribution in [0.25, 0.3) is 0 Å². The van der Waals surface area contributed by atoms with Gasteiger partial charge in [0.25, 0.3) is 0 Å². The predicted molar refractivity (Wildman–Crippen MR) is 40.9 cm³/mol. The van der Waals surface area contributed by atoms with Gasteiger partial charge < -0.3 is 5.11 Å². The molecule has 0 unspecified atom stereocenters. The molecule has 3 nitrogen and oxygen atoms in total. The average molecular weight is 190 g/mol. The van der Waals surface area contributed by atoms with Crippen LogP contribution in [0.1, 0.15) is 15.9 Å². The molecule has 12 heavy (non-hydrogen) atoms. The summed E-state index contributed by atoms with van der Waals surface area (Å²) in [6, 6.07) is 0. The van der Waals surface area contributed by atoms with Crippen molar-refractivity contribution in [2.75, 3.05) is 0 Å². The summed E-state index contributed by atoms with van der Waals surface area (Å²) in [6.07, 6.45) is 0.790. The van der Waals surface area contributed by atoms with E-state index in [1.807, 2.05) is 0 Å². The number of rotatable bonds is 1. The molecule has 1 aromatic heterocycles. The Morgan fingerprint density at radius 3 is 2.75 bits per heavy atom. The fraction of sp³-hybridized carbons (Fsp3) is 0.143. The van der Waals surface area contributed by atoms with E-state index >= 15 is 0 Å². The van der Waals surface area contributed by atoms with Crippen molar-refractivity contribution in [1.82, 2.24) is 4.98 Å². The lowest BCUT2D eigenvalue weighted by Crippen LogP contribution is -2.05. The Bertz CT molecular complexity index is 340. The molecule has 1 heterocycles. The van der Waals surface area contributed by atoms with E-state index in [2.05, 4.69) is 4.98 Å². The van der Waals surface area contributed by atoms with Gasteiger partial charge in [0, 0.05) is 5.56 Å². The van der Waals surface area contributed by atoms with E-state index in [-0.39, 0.29) is 10.7 Å². The Labute approximate surface area is 72.8 Å². The van der Waals surface area contributed by atoms with Gasteiger partial charge in [-0.25, -0.2) is 14.2 Å². The van der Waals surface area contributed by atoms with Crippen LogP contribution in [0, 0.1) is 12.7 Å². The Morgan fingerprint density at radius 1 is 1.75 bits per heavy atom. The van der Waals surface area contributed by atoms with Gasteiger partial charge >= 0.3 is 5.97 Å².